The van der Waals surface area contributed by atoms with Crippen LogP contribution in [0.4, 0.5) is 0 Å². The molecule has 1 aromatic rings. The topological polar surface area (TPSA) is 46.5 Å². The van der Waals surface area contributed by atoms with Crippen molar-refractivity contribution in [2.24, 2.45) is 0 Å². The number of rotatable bonds is 5. The second-order valence-corrected chi connectivity index (χ2v) is 2.82. The fraction of sp³-hybridized carbons (Fsp3) is 0.0833. The van der Waals surface area contributed by atoms with Gasteiger partial charge in [-0.2, -0.15) is 0 Å². The average molecular weight is 204 g/mol. The Kier molecular flexibility index (Phi) is 4.16. The predicted octanol–water partition coefficient (Wildman–Crippen LogP) is 2.31. The lowest BCUT2D eigenvalue weighted by Gasteiger charge is -2.03. The van der Waals surface area contributed by atoms with Crippen molar-refractivity contribution in [3.05, 3.63) is 54.3 Å². The van der Waals surface area contributed by atoms with E-state index in [2.05, 4.69) is 6.58 Å². The molecule has 3 nitrogen and oxygen atoms in total. The lowest BCUT2D eigenvalue weighted by atomic mass is 10.2. The summed E-state index contributed by atoms with van der Waals surface area (Å²) < 4.78 is 5.00. The summed E-state index contributed by atoms with van der Waals surface area (Å²) in [6, 6.07) is 9.14. The maximum atomic E-state index is 10.8. The normalized spacial score (nSPS) is 10.8. The molecular weight excluding hydrogens is 192 g/mol. The molecule has 15 heavy (non-hydrogen) atoms. The number of ether oxygens (including phenoxy) is 1. The largest absolute Gasteiger partial charge is 0.482 e. The average Bonchev–Trinajstić information content (AvgIpc) is 2.25. The van der Waals surface area contributed by atoms with Gasteiger partial charge in [-0.1, -0.05) is 43.0 Å². The summed E-state index contributed by atoms with van der Waals surface area (Å²) in [7, 11) is 0. The second kappa shape index (κ2) is 5.65. The van der Waals surface area contributed by atoms with Crippen LogP contribution in [0.2, 0.25) is 0 Å². The minimum atomic E-state index is -1.08. The Hall–Kier alpha value is -2.03. The molecule has 0 atom stereocenters. The van der Waals surface area contributed by atoms with Gasteiger partial charge in [-0.15, -0.1) is 0 Å². The van der Waals surface area contributed by atoms with Gasteiger partial charge in [0.15, 0.2) is 0 Å². The van der Waals surface area contributed by atoms with Crippen molar-refractivity contribution in [3.63, 3.8) is 0 Å². The van der Waals surface area contributed by atoms with Crippen molar-refractivity contribution in [1.82, 2.24) is 0 Å². The highest BCUT2D eigenvalue weighted by Gasteiger charge is 2.07. The maximum absolute atomic E-state index is 10.8. The van der Waals surface area contributed by atoms with Gasteiger partial charge in [0, 0.05) is 0 Å². The SMILES string of the molecule is C=CCOC(=Cc1ccccc1)C(=O)O. The van der Waals surface area contributed by atoms with Crippen LogP contribution < -0.4 is 0 Å². The molecule has 0 amide bonds. The van der Waals surface area contributed by atoms with Gasteiger partial charge in [-0.3, -0.25) is 0 Å². The third kappa shape index (κ3) is 3.68. The van der Waals surface area contributed by atoms with Crippen molar-refractivity contribution in [2.45, 2.75) is 0 Å². The zero-order valence-electron chi connectivity index (χ0n) is 8.22. The van der Waals surface area contributed by atoms with Gasteiger partial charge in [0.2, 0.25) is 5.76 Å². The van der Waals surface area contributed by atoms with Gasteiger partial charge in [0.1, 0.15) is 6.61 Å². The van der Waals surface area contributed by atoms with Crippen LogP contribution in [0.15, 0.2) is 48.7 Å². The Balaban J connectivity index is 2.84. The minimum Gasteiger partial charge on any atom is -0.482 e. The molecule has 78 valence electrons. The van der Waals surface area contributed by atoms with Crippen LogP contribution in [0.1, 0.15) is 5.56 Å². The van der Waals surface area contributed by atoms with Crippen LogP contribution in [-0.4, -0.2) is 17.7 Å². The van der Waals surface area contributed by atoms with E-state index in [1.54, 1.807) is 12.1 Å². The van der Waals surface area contributed by atoms with Crippen LogP contribution in [0.25, 0.3) is 6.08 Å². The fourth-order valence-corrected chi connectivity index (χ4v) is 1.01. The van der Waals surface area contributed by atoms with Crippen LogP contribution in [-0.2, 0) is 9.53 Å². The van der Waals surface area contributed by atoms with Crippen molar-refractivity contribution < 1.29 is 14.6 Å². The number of benzene rings is 1. The highest BCUT2D eigenvalue weighted by atomic mass is 16.5. The van der Waals surface area contributed by atoms with E-state index in [9.17, 15) is 4.79 Å². The molecule has 0 bridgehead atoms. The molecule has 0 aliphatic rings. The number of hydrogen-bond acceptors (Lipinski definition) is 2. The summed E-state index contributed by atoms with van der Waals surface area (Å²) >= 11 is 0. The predicted molar refractivity (Wildman–Crippen MR) is 58.2 cm³/mol. The van der Waals surface area contributed by atoms with Gasteiger partial charge < -0.3 is 9.84 Å². The summed E-state index contributed by atoms with van der Waals surface area (Å²) in [6.45, 7) is 3.64. The molecule has 0 saturated heterocycles. The smallest absolute Gasteiger partial charge is 0.371 e. The molecule has 0 aromatic heterocycles. The molecule has 1 N–H and O–H groups in total. The number of carboxylic acid groups (broad SMARTS) is 1. The molecule has 0 spiro atoms. The van der Waals surface area contributed by atoms with Gasteiger partial charge >= 0.3 is 5.97 Å². The molecule has 0 aliphatic heterocycles. The van der Waals surface area contributed by atoms with E-state index in [0.717, 1.165) is 5.56 Å². The highest BCUT2D eigenvalue weighted by Crippen LogP contribution is 2.07. The molecule has 3 heteroatoms. The van der Waals surface area contributed by atoms with Crippen molar-refractivity contribution >= 4 is 12.0 Å². The molecule has 1 rings (SSSR count). The lowest BCUT2D eigenvalue weighted by Crippen LogP contribution is -2.04. The van der Waals surface area contributed by atoms with Gasteiger partial charge in [0.25, 0.3) is 0 Å². The third-order valence-corrected chi connectivity index (χ3v) is 1.66. The lowest BCUT2D eigenvalue weighted by molar-refractivity contribution is -0.136. The van der Waals surface area contributed by atoms with Crippen LogP contribution >= 0.6 is 0 Å². The fourth-order valence-electron chi connectivity index (χ4n) is 1.01. The first-order chi connectivity index (χ1) is 7.24. The first kappa shape index (κ1) is 11.0. The standard InChI is InChI=1S/C12H12O3/c1-2-8-15-11(12(13)14)9-10-6-4-3-5-7-10/h2-7,9H,1,8H2,(H,13,14). The molecule has 0 saturated carbocycles. The van der Waals surface area contributed by atoms with Gasteiger partial charge in [-0.25, -0.2) is 4.79 Å². The quantitative estimate of drug-likeness (QED) is 0.455. The van der Waals surface area contributed by atoms with Gasteiger partial charge in [0.05, 0.1) is 0 Å². The van der Waals surface area contributed by atoms with E-state index in [4.69, 9.17) is 9.84 Å². The summed E-state index contributed by atoms with van der Waals surface area (Å²) in [5, 5.41) is 8.83. The number of carboxylic acids is 1. The Labute approximate surface area is 88.3 Å². The third-order valence-electron chi connectivity index (χ3n) is 1.66. The molecule has 0 aliphatic carbocycles. The van der Waals surface area contributed by atoms with E-state index in [1.165, 1.54) is 12.2 Å². The molecule has 1 aromatic carbocycles. The maximum Gasteiger partial charge on any atom is 0.371 e. The first-order valence-electron chi connectivity index (χ1n) is 4.48. The van der Waals surface area contributed by atoms with Crippen molar-refractivity contribution in [1.29, 1.82) is 0 Å². The minimum absolute atomic E-state index is 0.0823. The van der Waals surface area contributed by atoms with E-state index in [-0.39, 0.29) is 12.4 Å². The van der Waals surface area contributed by atoms with Crippen molar-refractivity contribution in [2.75, 3.05) is 6.61 Å². The monoisotopic (exact) mass is 204 g/mol. The van der Waals surface area contributed by atoms with E-state index >= 15 is 0 Å². The molecule has 0 unspecified atom stereocenters. The molecule has 0 heterocycles. The van der Waals surface area contributed by atoms with Crippen LogP contribution in [0, 0.1) is 0 Å². The van der Waals surface area contributed by atoms with Crippen LogP contribution in [0.5, 0.6) is 0 Å². The van der Waals surface area contributed by atoms with E-state index < -0.39 is 5.97 Å². The summed E-state index contributed by atoms with van der Waals surface area (Å²) in [5.41, 5.74) is 0.791. The summed E-state index contributed by atoms with van der Waals surface area (Å²) in [6.07, 6.45) is 2.98. The van der Waals surface area contributed by atoms with E-state index in [1.807, 2.05) is 18.2 Å². The van der Waals surface area contributed by atoms with Crippen LogP contribution in [0.3, 0.4) is 0 Å². The van der Waals surface area contributed by atoms with Gasteiger partial charge in [-0.05, 0) is 11.6 Å². The van der Waals surface area contributed by atoms with Crippen molar-refractivity contribution in [3.8, 4) is 0 Å². The first-order valence-corrected chi connectivity index (χ1v) is 4.48. The molecule has 0 radical (unpaired) electrons. The molecular formula is C12H12O3. The second-order valence-electron chi connectivity index (χ2n) is 2.82. The molecule has 0 fully saturated rings. The Morgan fingerprint density at radius 2 is 2.07 bits per heavy atom. The Bertz CT molecular complexity index is 366. The zero-order valence-corrected chi connectivity index (χ0v) is 8.22. The number of aliphatic carboxylic acids is 1. The summed E-state index contributed by atoms with van der Waals surface area (Å²) in [5.74, 6) is -1.16. The highest BCUT2D eigenvalue weighted by molar-refractivity contribution is 5.89. The Morgan fingerprint density at radius 3 is 2.60 bits per heavy atom. The van der Waals surface area contributed by atoms with E-state index in [0.29, 0.717) is 0 Å². The zero-order chi connectivity index (χ0) is 11.1. The number of carbonyl (C=O) groups is 1. The Morgan fingerprint density at radius 1 is 1.40 bits per heavy atom. The summed E-state index contributed by atoms with van der Waals surface area (Å²) in [4.78, 5) is 10.8. The number of hydrogen-bond donors (Lipinski definition) is 1.